The summed E-state index contributed by atoms with van der Waals surface area (Å²) < 4.78 is 42.6. The molecular weight excluding hydrogens is 455 g/mol. The Morgan fingerprint density at radius 2 is 2.00 bits per heavy atom. The number of alkyl halides is 3. The average Bonchev–Trinajstić information content (AvgIpc) is 3.17. The van der Waals surface area contributed by atoms with Crippen LogP contribution in [0.4, 0.5) is 13.2 Å². The van der Waals surface area contributed by atoms with Gasteiger partial charge in [-0.2, -0.15) is 18.4 Å². The number of halogens is 3. The Bertz CT molecular complexity index is 1390. The minimum atomic E-state index is -4.19. The van der Waals surface area contributed by atoms with Crippen LogP contribution in [0.1, 0.15) is 42.4 Å². The van der Waals surface area contributed by atoms with Gasteiger partial charge in [-0.3, -0.25) is 9.78 Å². The molecule has 178 valence electrons. The summed E-state index contributed by atoms with van der Waals surface area (Å²) in [6.45, 7) is -0.0203. The fourth-order valence-electron chi connectivity index (χ4n) is 5.04. The number of carbonyl (C=O) groups excluding carboxylic acids is 1. The van der Waals surface area contributed by atoms with Crippen LogP contribution in [0.15, 0.2) is 60.3 Å². The van der Waals surface area contributed by atoms with Crippen LogP contribution in [0.2, 0.25) is 0 Å². The molecule has 5 nitrogen and oxygen atoms in total. The van der Waals surface area contributed by atoms with Crippen molar-refractivity contribution < 1.29 is 22.7 Å². The first-order valence-corrected chi connectivity index (χ1v) is 11.4. The van der Waals surface area contributed by atoms with E-state index in [4.69, 9.17) is 4.74 Å². The Morgan fingerprint density at radius 3 is 2.80 bits per heavy atom. The molecule has 0 fully saturated rings. The van der Waals surface area contributed by atoms with Crippen molar-refractivity contribution in [1.82, 2.24) is 10.3 Å². The SMILES string of the molecule is N#CC1=C(c2cnc3ccccc3c2)C[C@]2(CCc3cc(OCCCC(F)(F)F)ccc32)NC1=O. The van der Waals surface area contributed by atoms with Gasteiger partial charge in [0, 0.05) is 24.4 Å². The monoisotopic (exact) mass is 477 g/mol. The van der Waals surface area contributed by atoms with E-state index in [0.717, 1.165) is 27.6 Å². The van der Waals surface area contributed by atoms with Crippen LogP contribution in [0.5, 0.6) is 5.75 Å². The number of hydrogen-bond donors (Lipinski definition) is 1. The molecule has 1 aromatic heterocycles. The normalized spacial score (nSPS) is 19.5. The number of amides is 1. The van der Waals surface area contributed by atoms with Crippen molar-refractivity contribution in [2.24, 2.45) is 0 Å². The number of hydrogen-bond acceptors (Lipinski definition) is 4. The van der Waals surface area contributed by atoms with Crippen molar-refractivity contribution in [3.63, 3.8) is 0 Å². The predicted octanol–water partition coefficient (Wildman–Crippen LogP) is 5.59. The van der Waals surface area contributed by atoms with Gasteiger partial charge < -0.3 is 10.1 Å². The third kappa shape index (κ3) is 4.46. The maximum atomic E-state index is 13.0. The number of para-hydroxylation sites is 1. The number of nitriles is 1. The topological polar surface area (TPSA) is 75.0 Å². The second kappa shape index (κ2) is 8.73. The molecule has 1 N–H and O–H groups in total. The van der Waals surface area contributed by atoms with Crippen LogP contribution in [-0.2, 0) is 16.8 Å². The van der Waals surface area contributed by atoms with Gasteiger partial charge in [0.25, 0.3) is 5.91 Å². The van der Waals surface area contributed by atoms with Crippen LogP contribution in [0.3, 0.4) is 0 Å². The van der Waals surface area contributed by atoms with Crippen LogP contribution < -0.4 is 10.1 Å². The molecule has 3 aromatic rings. The van der Waals surface area contributed by atoms with Crippen LogP contribution >= 0.6 is 0 Å². The quantitative estimate of drug-likeness (QED) is 0.486. The predicted molar refractivity (Wildman–Crippen MR) is 124 cm³/mol. The lowest BCUT2D eigenvalue weighted by Crippen LogP contribution is -2.48. The summed E-state index contributed by atoms with van der Waals surface area (Å²) in [5.74, 6) is 0.0968. The zero-order valence-electron chi connectivity index (χ0n) is 18.8. The number of rotatable bonds is 5. The fraction of sp³-hybridized carbons (Fsp3) is 0.296. The van der Waals surface area contributed by atoms with Gasteiger partial charge in [-0.25, -0.2) is 0 Å². The number of aryl methyl sites for hydroxylation is 1. The third-order valence-corrected chi connectivity index (χ3v) is 6.70. The molecule has 35 heavy (non-hydrogen) atoms. The largest absolute Gasteiger partial charge is 0.494 e. The highest BCUT2D eigenvalue weighted by Gasteiger charge is 2.45. The maximum absolute atomic E-state index is 13.0. The van der Waals surface area contributed by atoms with E-state index in [-0.39, 0.29) is 18.6 Å². The third-order valence-electron chi connectivity index (χ3n) is 6.70. The summed E-state index contributed by atoms with van der Waals surface area (Å²) in [5.41, 5.74) is 3.59. The summed E-state index contributed by atoms with van der Waals surface area (Å²) in [6, 6.07) is 17.1. The summed E-state index contributed by atoms with van der Waals surface area (Å²) in [4.78, 5) is 17.5. The van der Waals surface area contributed by atoms with Crippen molar-refractivity contribution >= 4 is 22.4 Å². The minimum absolute atomic E-state index is 0.0203. The van der Waals surface area contributed by atoms with Gasteiger partial charge in [0.1, 0.15) is 17.4 Å². The summed E-state index contributed by atoms with van der Waals surface area (Å²) in [5, 5.41) is 13.7. The summed E-state index contributed by atoms with van der Waals surface area (Å²) in [6.07, 6.45) is -1.70. The number of nitrogens with zero attached hydrogens (tertiary/aromatic N) is 2. The molecule has 2 aliphatic rings. The average molecular weight is 477 g/mol. The summed E-state index contributed by atoms with van der Waals surface area (Å²) >= 11 is 0. The molecule has 2 aromatic carbocycles. The standard InChI is InChI=1S/C27H22F3N3O2/c28-27(29,30)9-3-11-35-20-6-7-23-17(13-20)8-10-26(23)14-21(22(15-31)25(34)33-26)19-12-18-4-1-2-5-24(18)32-16-19/h1-2,4-7,12-13,16H,3,8-11,14H2,(H,33,34)/t26-/m0/s1. The Morgan fingerprint density at radius 1 is 1.17 bits per heavy atom. The first kappa shape index (κ1) is 22.9. The maximum Gasteiger partial charge on any atom is 0.389 e. The molecule has 0 unspecified atom stereocenters. The molecule has 1 atom stereocenters. The highest BCUT2D eigenvalue weighted by atomic mass is 19.4. The number of aromatic nitrogens is 1. The van der Waals surface area contributed by atoms with E-state index < -0.39 is 24.0 Å². The Hall–Kier alpha value is -3.86. The van der Waals surface area contributed by atoms with Gasteiger partial charge in [-0.1, -0.05) is 24.3 Å². The lowest BCUT2D eigenvalue weighted by molar-refractivity contribution is -0.136. The van der Waals surface area contributed by atoms with Gasteiger partial charge in [-0.15, -0.1) is 0 Å². The number of pyridine rings is 1. The molecule has 1 amide bonds. The Balaban J connectivity index is 1.42. The number of fused-ring (bicyclic) bond motifs is 3. The lowest BCUT2D eigenvalue weighted by atomic mass is 9.78. The molecule has 0 saturated carbocycles. The highest BCUT2D eigenvalue weighted by Crippen LogP contribution is 2.47. The van der Waals surface area contributed by atoms with E-state index in [9.17, 15) is 23.2 Å². The van der Waals surface area contributed by atoms with E-state index in [0.29, 0.717) is 30.6 Å². The molecule has 1 aliphatic carbocycles. The number of nitrogens with one attached hydrogen (secondary N) is 1. The lowest BCUT2D eigenvalue weighted by Gasteiger charge is -2.37. The number of carbonyl (C=O) groups is 1. The van der Waals surface area contributed by atoms with Gasteiger partial charge in [-0.05, 0) is 65.8 Å². The van der Waals surface area contributed by atoms with E-state index in [1.165, 1.54) is 0 Å². The van der Waals surface area contributed by atoms with Gasteiger partial charge in [0.2, 0.25) is 0 Å². The van der Waals surface area contributed by atoms with E-state index >= 15 is 0 Å². The molecule has 8 heteroatoms. The number of ether oxygens (including phenoxy) is 1. The van der Waals surface area contributed by atoms with Crippen molar-refractivity contribution in [1.29, 1.82) is 5.26 Å². The van der Waals surface area contributed by atoms with Crippen LogP contribution in [-0.4, -0.2) is 23.7 Å². The molecule has 1 aliphatic heterocycles. The van der Waals surface area contributed by atoms with E-state index in [1.54, 1.807) is 12.3 Å². The fourth-order valence-corrected chi connectivity index (χ4v) is 5.04. The van der Waals surface area contributed by atoms with E-state index in [1.807, 2.05) is 42.5 Å². The second-order valence-corrected chi connectivity index (χ2v) is 8.98. The van der Waals surface area contributed by atoms with Crippen molar-refractivity contribution in [2.75, 3.05) is 6.61 Å². The molecular formula is C27H22F3N3O2. The summed E-state index contributed by atoms with van der Waals surface area (Å²) in [7, 11) is 0. The van der Waals surface area contributed by atoms with Gasteiger partial charge in [0.05, 0.1) is 17.7 Å². The van der Waals surface area contributed by atoms with Crippen LogP contribution in [0, 0.1) is 11.3 Å². The highest BCUT2D eigenvalue weighted by molar-refractivity contribution is 6.07. The smallest absolute Gasteiger partial charge is 0.389 e. The Kier molecular flexibility index (Phi) is 5.72. The molecule has 1 spiro atoms. The van der Waals surface area contributed by atoms with Crippen molar-refractivity contribution in [3.05, 3.63) is 77.0 Å². The molecule has 0 radical (unpaired) electrons. The molecule has 5 rings (SSSR count). The van der Waals surface area contributed by atoms with Gasteiger partial charge >= 0.3 is 6.18 Å². The second-order valence-electron chi connectivity index (χ2n) is 8.98. The number of benzene rings is 2. The Labute approximate surface area is 200 Å². The first-order valence-electron chi connectivity index (χ1n) is 11.4. The molecule has 0 bridgehead atoms. The first-order chi connectivity index (χ1) is 16.8. The van der Waals surface area contributed by atoms with E-state index in [2.05, 4.69) is 16.4 Å². The van der Waals surface area contributed by atoms with Crippen molar-refractivity contribution in [3.8, 4) is 11.8 Å². The van der Waals surface area contributed by atoms with Crippen molar-refractivity contribution in [2.45, 2.75) is 43.8 Å². The molecule has 2 heterocycles. The van der Waals surface area contributed by atoms with Gasteiger partial charge in [0.15, 0.2) is 0 Å². The zero-order chi connectivity index (χ0) is 24.6. The molecule has 0 saturated heterocycles. The zero-order valence-corrected chi connectivity index (χ0v) is 18.8. The minimum Gasteiger partial charge on any atom is -0.494 e. The van der Waals surface area contributed by atoms with Crippen LogP contribution in [0.25, 0.3) is 16.5 Å².